The van der Waals surface area contributed by atoms with Crippen LogP contribution in [0.1, 0.15) is 0 Å². The molecule has 0 spiro atoms. The largest absolute Gasteiger partial charge is 1.00 e. The average molecular weight is 1350 g/mol. The van der Waals surface area contributed by atoms with Crippen molar-refractivity contribution in [1.29, 1.82) is 0 Å². The number of fused-ring (bicyclic) bond motifs is 3. The van der Waals surface area contributed by atoms with Crippen LogP contribution in [0.3, 0.4) is 0 Å². The fourth-order valence-corrected chi connectivity index (χ4v) is 8.79. The SMILES string of the molecule is C=C(Br)C(=O)Nc1ccc2c(O)c(N=Nc3c(O)cc(S(=O)(=O)O)c4cc([N+](=O)[O-])ccc34)c(S(=O)(=O)O)cc2c1.C=C(Br)C(=O)Nc1cccc2c(O)c(N=Nc3cc([N+](=O)[O-])ccc3O)c(S(=O)(=O)O)cc12.[Cr].[Na+].[Na+].[Na+].[Na+]. The Balaban J connectivity index is 0.000000758. The molecular formula is C42H28Br2CrN8Na4O19S3+4. The monoisotopic (exact) mass is 1350 g/mol. The number of aromatic hydroxyl groups is 4. The van der Waals surface area contributed by atoms with Gasteiger partial charge in [0.1, 0.15) is 48.9 Å². The molecule has 2 amide bonds. The van der Waals surface area contributed by atoms with Crippen LogP contribution < -0.4 is 129 Å². The van der Waals surface area contributed by atoms with Crippen molar-refractivity contribution < 1.29 is 214 Å². The number of phenols is 4. The van der Waals surface area contributed by atoms with Gasteiger partial charge in [-0.05, 0) is 85.8 Å². The smallest absolute Gasteiger partial charge is 0.506 e. The normalized spacial score (nSPS) is 11.2. The van der Waals surface area contributed by atoms with Crippen LogP contribution in [0.5, 0.6) is 23.0 Å². The number of hydrogen-bond acceptors (Lipinski definition) is 20. The van der Waals surface area contributed by atoms with E-state index in [1.807, 2.05) is 0 Å². The van der Waals surface area contributed by atoms with Crippen molar-refractivity contribution in [2.24, 2.45) is 20.5 Å². The Morgan fingerprint density at radius 1 is 0.519 bits per heavy atom. The number of nitro benzene ring substituents is 2. The van der Waals surface area contributed by atoms with Crippen LogP contribution in [0.25, 0.3) is 32.3 Å². The van der Waals surface area contributed by atoms with Crippen molar-refractivity contribution in [2.75, 3.05) is 10.6 Å². The number of nitrogens with zero attached hydrogens (tertiary/aromatic N) is 6. The zero-order valence-corrected chi connectivity index (χ0v) is 55.6. The van der Waals surface area contributed by atoms with Gasteiger partial charge < -0.3 is 31.1 Å². The summed E-state index contributed by atoms with van der Waals surface area (Å²) in [5.74, 6) is -4.13. The van der Waals surface area contributed by atoms with Crippen molar-refractivity contribution in [3.05, 3.63) is 133 Å². The fraction of sp³-hybridized carbons (Fsp3) is 0. The van der Waals surface area contributed by atoms with Gasteiger partial charge in [-0.15, -0.1) is 20.5 Å². The van der Waals surface area contributed by atoms with Crippen molar-refractivity contribution in [1.82, 2.24) is 0 Å². The molecule has 0 fully saturated rings. The molecule has 7 rings (SSSR count). The Labute approximate surface area is 560 Å². The fourth-order valence-electron chi connectivity index (χ4n) is 6.58. The Kier molecular flexibility index (Phi) is 27.3. The molecule has 0 aromatic heterocycles. The molecule has 9 N–H and O–H groups in total. The molecule has 0 radical (unpaired) electrons. The molecule has 0 bridgehead atoms. The molecule has 7 aromatic rings. The molecule has 37 heteroatoms. The first-order chi connectivity index (χ1) is 34.4. The van der Waals surface area contributed by atoms with Crippen molar-refractivity contribution in [2.45, 2.75) is 14.7 Å². The molecule has 0 heterocycles. The maximum atomic E-state index is 12.2. The van der Waals surface area contributed by atoms with Crippen LogP contribution in [0.2, 0.25) is 0 Å². The summed E-state index contributed by atoms with van der Waals surface area (Å²) in [6.45, 7) is 6.85. The van der Waals surface area contributed by atoms with E-state index in [0.29, 0.717) is 6.07 Å². The molecule has 0 saturated heterocycles. The number of benzene rings is 7. The first kappa shape index (κ1) is 73.2. The second-order valence-electron chi connectivity index (χ2n) is 14.7. The molecule has 0 atom stereocenters. The minimum Gasteiger partial charge on any atom is -0.506 e. The Morgan fingerprint density at radius 2 is 1.00 bits per heavy atom. The van der Waals surface area contributed by atoms with Crippen molar-refractivity contribution in [3.63, 3.8) is 0 Å². The molecule has 7 aromatic carbocycles. The second-order valence-corrected chi connectivity index (χ2v) is 20.8. The van der Waals surface area contributed by atoms with Gasteiger partial charge in [0.25, 0.3) is 53.5 Å². The third kappa shape index (κ3) is 17.4. The van der Waals surface area contributed by atoms with E-state index in [2.05, 4.69) is 76.1 Å². The van der Waals surface area contributed by atoms with Gasteiger partial charge in [-0.3, -0.25) is 43.5 Å². The number of halogens is 2. The average Bonchev–Trinajstić information content (AvgIpc) is 3.30. The van der Waals surface area contributed by atoms with Gasteiger partial charge in [0.2, 0.25) is 0 Å². The minimum absolute atomic E-state index is 0. The number of rotatable bonds is 13. The van der Waals surface area contributed by atoms with Gasteiger partial charge in [-0.25, -0.2) is 0 Å². The molecule has 0 saturated carbocycles. The number of azo groups is 2. The number of carbonyl (C=O) groups is 2. The number of non-ortho nitro benzene ring substituents is 2. The maximum absolute atomic E-state index is 12.2. The van der Waals surface area contributed by atoms with Crippen LogP contribution in [-0.4, -0.2) is 81.0 Å². The predicted molar refractivity (Wildman–Crippen MR) is 269 cm³/mol. The van der Waals surface area contributed by atoms with Gasteiger partial charge in [-0.1, -0.05) is 25.3 Å². The summed E-state index contributed by atoms with van der Waals surface area (Å²) in [5.41, 5.74) is -3.08. The maximum Gasteiger partial charge on any atom is 1.00 e. The molecule has 0 aliphatic rings. The van der Waals surface area contributed by atoms with E-state index < -0.39 is 124 Å². The predicted octanol–water partition coefficient (Wildman–Crippen LogP) is -2.25. The van der Waals surface area contributed by atoms with E-state index in [1.165, 1.54) is 36.4 Å². The summed E-state index contributed by atoms with van der Waals surface area (Å²) in [4.78, 5) is 41.8. The van der Waals surface area contributed by atoms with Crippen molar-refractivity contribution >= 4 is 152 Å². The molecule has 79 heavy (non-hydrogen) atoms. The molecule has 0 aliphatic heterocycles. The number of amides is 2. The Bertz CT molecular complexity index is 4090. The minimum atomic E-state index is -5.07. The van der Waals surface area contributed by atoms with E-state index >= 15 is 0 Å². The standard InChI is InChI=1S/C23H15BrN4O11S2.C19H13BrN4O8S.Cr.4Na/c1-10(24)23(31)25-12-2-4-14-11(6-12)7-19(41(37,38)39)21(22(14)30)27-26-20-15-5-3-13(28(32)33)8-16(15)18(9-17(20)29)40(34,35)36;1-9(20)19(27)21-13-4-2-3-11-12(13)8-16(33(30,31)32)17(18(11)26)23-22-14-7-10(24(28)29)5-6-15(14)25;;;;;/h2-9,29-30H,1H2,(H,25,31)(H,34,35,36)(H,37,38,39);2-8,25-26H,1H2,(H,21,27)(H,30,31,32);;;;;/q;;;4*+1. The number of nitrogens with one attached hydrogen (secondary N) is 2. The first-order valence-electron chi connectivity index (χ1n) is 19.5. The Hall–Kier alpha value is -3.84. The van der Waals surface area contributed by atoms with Crippen LogP contribution in [0.15, 0.2) is 148 Å². The van der Waals surface area contributed by atoms with Crippen LogP contribution in [0.4, 0.5) is 45.5 Å². The zero-order chi connectivity index (χ0) is 54.9. The van der Waals surface area contributed by atoms with E-state index in [4.69, 9.17) is 0 Å². The van der Waals surface area contributed by atoms with Gasteiger partial charge in [0, 0.05) is 86.0 Å². The Morgan fingerprint density at radius 3 is 1.54 bits per heavy atom. The van der Waals surface area contributed by atoms with Gasteiger partial charge in [0.05, 0.1) is 18.8 Å². The van der Waals surface area contributed by atoms with E-state index in [-0.39, 0.29) is 189 Å². The summed E-state index contributed by atoms with van der Waals surface area (Å²) in [6.07, 6.45) is 0. The number of phenolic OH excluding ortho intramolecular Hbond substituents is 4. The van der Waals surface area contributed by atoms with Crippen LogP contribution in [0, 0.1) is 20.2 Å². The number of anilines is 2. The molecular weight excluding hydrogens is 1320 g/mol. The third-order valence-electron chi connectivity index (χ3n) is 9.90. The van der Waals surface area contributed by atoms with E-state index in [0.717, 1.165) is 48.5 Å². The van der Waals surface area contributed by atoms with Gasteiger partial charge in [0.15, 0.2) is 11.5 Å². The molecule has 0 aliphatic carbocycles. The summed E-state index contributed by atoms with van der Waals surface area (Å²) in [6, 6.07) is 16.3. The quantitative estimate of drug-likeness (QED) is 0.0147. The van der Waals surface area contributed by atoms with Crippen LogP contribution in [-0.2, 0) is 57.3 Å². The van der Waals surface area contributed by atoms with Gasteiger partial charge in [-0.2, -0.15) is 25.3 Å². The molecule has 27 nitrogen and oxygen atoms in total. The summed E-state index contributed by atoms with van der Waals surface area (Å²) in [5, 5.41) is 83.1. The molecule has 0 unspecified atom stereocenters. The molecule has 388 valence electrons. The second kappa shape index (κ2) is 29.4. The van der Waals surface area contributed by atoms with Gasteiger partial charge >= 0.3 is 118 Å². The topological polar surface area (TPSA) is 438 Å². The number of carbonyl (C=O) groups excluding carboxylic acids is 2. The summed E-state index contributed by atoms with van der Waals surface area (Å²) >= 11 is 5.83. The van der Waals surface area contributed by atoms with Crippen molar-refractivity contribution in [3.8, 4) is 23.0 Å². The number of nitro groups is 2. The van der Waals surface area contributed by atoms with E-state index in [9.17, 15) is 89.2 Å². The van der Waals surface area contributed by atoms with E-state index in [1.54, 1.807) is 0 Å². The zero-order valence-electron chi connectivity index (χ0n) is 40.7. The number of hydrogen-bond donors (Lipinski definition) is 9. The van der Waals surface area contributed by atoms with Crippen LogP contribution >= 0.6 is 31.9 Å². The summed E-state index contributed by atoms with van der Waals surface area (Å²) < 4.78 is 101. The first-order valence-corrected chi connectivity index (χ1v) is 25.4. The summed E-state index contributed by atoms with van der Waals surface area (Å²) in [7, 11) is -15.0. The third-order valence-corrected chi connectivity index (χ3v) is 13.2.